The number of benzene rings is 2. The smallest absolute Gasteiger partial charge is 0.412 e. The molecule has 3 aromatic rings. The largest absolute Gasteiger partial charge is 0.444 e. The van der Waals surface area contributed by atoms with Gasteiger partial charge in [-0.25, -0.2) is 9.59 Å². The van der Waals surface area contributed by atoms with Crippen molar-refractivity contribution in [2.45, 2.75) is 45.8 Å². The van der Waals surface area contributed by atoms with Crippen LogP contribution in [0.1, 0.15) is 49.7 Å². The average Bonchev–Trinajstić information content (AvgIpc) is 3.03. The third-order valence-corrected chi connectivity index (χ3v) is 7.42. The number of hydrogen-bond donors (Lipinski definition) is 3. The lowest BCUT2D eigenvalue weighted by atomic mass is 10.2. The number of carbonyl (C=O) groups is 3. The molecule has 2 aromatic carbocycles. The molecule has 4 amide bonds. The minimum atomic E-state index is -0.662. The SMILES string of the molecule is CN(C)c1ccc(NC(=O)N(CCCCN2CCOCC2)Cc2ccc(C(=O)Nc3ccccc3NC(=O)OC(C)(C)C)nc2)cc1. The maximum absolute atomic E-state index is 13.4. The van der Waals surface area contributed by atoms with Gasteiger partial charge in [-0.15, -0.1) is 0 Å². The molecule has 1 saturated heterocycles. The number of carbonyl (C=O) groups excluding carboxylic acids is 3. The Hall–Kier alpha value is -4.68. The number of hydrogen-bond acceptors (Lipinski definition) is 8. The summed E-state index contributed by atoms with van der Waals surface area (Å²) in [5.74, 6) is -0.436. The van der Waals surface area contributed by atoms with Gasteiger partial charge in [0.15, 0.2) is 0 Å². The highest BCUT2D eigenvalue weighted by atomic mass is 16.6. The number of nitrogens with zero attached hydrogens (tertiary/aromatic N) is 4. The summed E-state index contributed by atoms with van der Waals surface area (Å²) >= 11 is 0. The summed E-state index contributed by atoms with van der Waals surface area (Å²) in [6, 6.07) is 17.8. The van der Waals surface area contributed by atoms with Crippen LogP contribution in [0, 0.1) is 0 Å². The number of anilines is 4. The van der Waals surface area contributed by atoms with Crippen molar-refractivity contribution in [3.05, 3.63) is 78.1 Å². The van der Waals surface area contributed by atoms with E-state index in [0.717, 1.165) is 56.9 Å². The Morgan fingerprint density at radius 1 is 0.894 bits per heavy atom. The standard InChI is InChI=1S/C35H47N7O5/c1-35(2,3)47-34(45)39-30-11-7-6-10-29(30)38-32(43)31-17-12-26(24-36-31)25-42(19-9-8-18-41-20-22-46-23-21-41)33(44)37-27-13-15-28(16-14-27)40(4)5/h6-7,10-17,24H,8-9,18-23,25H2,1-5H3,(H,37,44)(H,38,43)(H,39,45). The first-order chi connectivity index (χ1) is 22.5. The highest BCUT2D eigenvalue weighted by Gasteiger charge is 2.19. The van der Waals surface area contributed by atoms with Crippen molar-refractivity contribution in [3.63, 3.8) is 0 Å². The van der Waals surface area contributed by atoms with Crippen molar-refractivity contribution >= 4 is 40.8 Å². The van der Waals surface area contributed by atoms with Gasteiger partial charge in [0.05, 0.1) is 24.6 Å². The summed E-state index contributed by atoms with van der Waals surface area (Å²) in [5.41, 5.74) is 2.89. The molecule has 4 rings (SSSR count). The zero-order valence-corrected chi connectivity index (χ0v) is 28.0. The number of urea groups is 1. The Kier molecular flexibility index (Phi) is 12.5. The van der Waals surface area contributed by atoms with Gasteiger partial charge in [0, 0.05) is 57.8 Å². The summed E-state index contributed by atoms with van der Waals surface area (Å²) in [6.45, 7) is 10.6. The highest BCUT2D eigenvalue weighted by Crippen LogP contribution is 2.23. The molecule has 12 nitrogen and oxygen atoms in total. The predicted molar refractivity (Wildman–Crippen MR) is 185 cm³/mol. The van der Waals surface area contributed by atoms with Crippen molar-refractivity contribution in [1.29, 1.82) is 0 Å². The predicted octanol–water partition coefficient (Wildman–Crippen LogP) is 5.89. The Bertz CT molecular complexity index is 1470. The minimum Gasteiger partial charge on any atom is -0.444 e. The lowest BCUT2D eigenvalue weighted by molar-refractivity contribution is 0.0370. The van der Waals surface area contributed by atoms with Crippen molar-refractivity contribution in [2.75, 3.05) is 74.3 Å². The van der Waals surface area contributed by atoms with Crippen molar-refractivity contribution < 1.29 is 23.9 Å². The quantitative estimate of drug-likeness (QED) is 0.208. The van der Waals surface area contributed by atoms with E-state index in [9.17, 15) is 14.4 Å². The normalized spacial score (nSPS) is 13.4. The van der Waals surface area contributed by atoms with Crippen molar-refractivity contribution in [1.82, 2.24) is 14.8 Å². The second-order valence-corrected chi connectivity index (χ2v) is 12.6. The van der Waals surface area contributed by atoms with E-state index in [2.05, 4.69) is 25.8 Å². The molecule has 3 N–H and O–H groups in total. The number of nitrogens with one attached hydrogen (secondary N) is 3. The number of amides is 4. The summed E-state index contributed by atoms with van der Waals surface area (Å²) < 4.78 is 10.8. The van der Waals surface area contributed by atoms with E-state index in [4.69, 9.17) is 9.47 Å². The van der Waals surface area contributed by atoms with Gasteiger partial charge in [-0.3, -0.25) is 20.0 Å². The third kappa shape index (κ3) is 11.6. The number of para-hydroxylation sites is 2. The zero-order valence-electron chi connectivity index (χ0n) is 28.0. The van der Waals surface area contributed by atoms with E-state index in [1.807, 2.05) is 43.3 Å². The number of morpholine rings is 1. The van der Waals surface area contributed by atoms with Gasteiger partial charge in [-0.05, 0) is 88.2 Å². The molecule has 0 unspecified atom stereocenters. The first-order valence-corrected chi connectivity index (χ1v) is 16.0. The van der Waals surface area contributed by atoms with E-state index >= 15 is 0 Å². The zero-order chi connectivity index (χ0) is 33.8. The number of aromatic nitrogens is 1. The molecular formula is C35H47N7O5. The van der Waals surface area contributed by atoms with Gasteiger partial charge >= 0.3 is 12.1 Å². The van der Waals surface area contributed by atoms with Crippen LogP contribution in [0.15, 0.2) is 66.9 Å². The lowest BCUT2D eigenvalue weighted by Crippen LogP contribution is -2.38. The van der Waals surface area contributed by atoms with E-state index in [0.29, 0.717) is 30.2 Å². The Balaban J connectivity index is 1.39. The van der Waals surface area contributed by atoms with E-state index < -0.39 is 17.6 Å². The first kappa shape index (κ1) is 35.2. The number of pyridine rings is 1. The molecule has 1 fully saturated rings. The van der Waals surface area contributed by atoms with Gasteiger partial charge in [-0.2, -0.15) is 0 Å². The molecule has 0 atom stereocenters. The van der Waals surface area contributed by atoms with Gasteiger partial charge in [0.1, 0.15) is 11.3 Å². The van der Waals surface area contributed by atoms with E-state index in [1.54, 1.807) is 68.3 Å². The molecular weight excluding hydrogens is 598 g/mol. The van der Waals surface area contributed by atoms with E-state index in [-0.39, 0.29) is 11.7 Å². The molecule has 0 aliphatic carbocycles. The molecule has 252 valence electrons. The van der Waals surface area contributed by atoms with Crippen LogP contribution in [0.25, 0.3) is 0 Å². The van der Waals surface area contributed by atoms with Gasteiger partial charge in [-0.1, -0.05) is 18.2 Å². The second kappa shape index (κ2) is 16.8. The van der Waals surface area contributed by atoms with Crippen molar-refractivity contribution in [3.8, 4) is 0 Å². The van der Waals surface area contributed by atoms with Gasteiger partial charge in [0.2, 0.25) is 0 Å². The number of rotatable bonds is 12. The minimum absolute atomic E-state index is 0.198. The topological polar surface area (TPSA) is 128 Å². The summed E-state index contributed by atoms with van der Waals surface area (Å²) in [4.78, 5) is 49.4. The maximum Gasteiger partial charge on any atom is 0.412 e. The Morgan fingerprint density at radius 3 is 2.19 bits per heavy atom. The third-order valence-electron chi connectivity index (χ3n) is 7.42. The van der Waals surface area contributed by atoms with Crippen LogP contribution in [0.5, 0.6) is 0 Å². The Morgan fingerprint density at radius 2 is 1.57 bits per heavy atom. The first-order valence-electron chi connectivity index (χ1n) is 16.0. The van der Waals surface area contributed by atoms with Crippen LogP contribution in [0.4, 0.5) is 32.3 Å². The van der Waals surface area contributed by atoms with Crippen LogP contribution >= 0.6 is 0 Å². The molecule has 2 heterocycles. The molecule has 0 bridgehead atoms. The Labute approximate surface area is 277 Å². The highest BCUT2D eigenvalue weighted by molar-refractivity contribution is 6.05. The lowest BCUT2D eigenvalue weighted by Gasteiger charge is -2.27. The number of ether oxygens (including phenoxy) is 2. The molecule has 0 saturated carbocycles. The molecule has 47 heavy (non-hydrogen) atoms. The fourth-order valence-corrected chi connectivity index (χ4v) is 4.93. The average molecular weight is 646 g/mol. The molecule has 0 spiro atoms. The van der Waals surface area contributed by atoms with E-state index in [1.165, 1.54) is 0 Å². The van der Waals surface area contributed by atoms with Crippen LogP contribution < -0.4 is 20.9 Å². The molecule has 1 aliphatic heterocycles. The summed E-state index contributed by atoms with van der Waals surface area (Å²) in [5, 5.41) is 8.52. The molecule has 1 aromatic heterocycles. The maximum atomic E-state index is 13.4. The van der Waals surface area contributed by atoms with Gasteiger partial charge < -0.3 is 29.9 Å². The monoisotopic (exact) mass is 645 g/mol. The molecule has 12 heteroatoms. The summed E-state index contributed by atoms with van der Waals surface area (Å²) in [7, 11) is 3.94. The fourth-order valence-electron chi connectivity index (χ4n) is 4.93. The summed E-state index contributed by atoms with van der Waals surface area (Å²) in [6.07, 6.45) is 2.79. The van der Waals surface area contributed by atoms with Crippen LogP contribution in [0.2, 0.25) is 0 Å². The van der Waals surface area contributed by atoms with Crippen LogP contribution in [0.3, 0.4) is 0 Å². The molecule has 1 aliphatic rings. The van der Waals surface area contributed by atoms with Crippen LogP contribution in [-0.2, 0) is 16.0 Å². The fraction of sp³-hybridized carbons (Fsp3) is 0.429. The second-order valence-electron chi connectivity index (χ2n) is 12.6. The molecule has 0 radical (unpaired) electrons. The van der Waals surface area contributed by atoms with Crippen LogP contribution in [-0.4, -0.2) is 91.9 Å². The number of unbranched alkanes of at least 4 members (excludes halogenated alkanes) is 1. The van der Waals surface area contributed by atoms with Crippen molar-refractivity contribution in [2.24, 2.45) is 0 Å². The van der Waals surface area contributed by atoms with Gasteiger partial charge in [0.25, 0.3) is 5.91 Å².